The highest BCUT2D eigenvalue weighted by molar-refractivity contribution is 6.34. The van der Waals surface area contributed by atoms with Gasteiger partial charge in [0, 0.05) is 11.3 Å². The van der Waals surface area contributed by atoms with Crippen LogP contribution >= 0.6 is 0 Å². The second-order valence-electron chi connectivity index (χ2n) is 7.22. The van der Waals surface area contributed by atoms with Crippen molar-refractivity contribution < 1.29 is 19.1 Å². The van der Waals surface area contributed by atoms with E-state index in [-0.39, 0.29) is 5.91 Å². The van der Waals surface area contributed by atoms with Crippen molar-refractivity contribution in [1.29, 1.82) is 0 Å². The number of hydrogen-bond acceptors (Lipinski definition) is 4. The summed E-state index contributed by atoms with van der Waals surface area (Å²) < 4.78 is 5.63. The number of nitrogens with zero attached hydrogens (tertiary/aromatic N) is 1. The van der Waals surface area contributed by atoms with E-state index in [9.17, 15) is 14.4 Å². The first-order valence-corrected chi connectivity index (χ1v) is 10.2. The molecule has 0 bridgehead atoms. The van der Waals surface area contributed by atoms with E-state index >= 15 is 0 Å². The van der Waals surface area contributed by atoms with E-state index in [1.54, 1.807) is 72.8 Å². The van der Waals surface area contributed by atoms with E-state index in [4.69, 9.17) is 4.74 Å². The minimum absolute atomic E-state index is 0.335. The fraction of sp³-hybridized carbons (Fsp3) is 0.160. The number of carbonyl (C=O) groups excluding carboxylic acids is 3. The Morgan fingerprint density at radius 2 is 1.58 bits per heavy atom. The van der Waals surface area contributed by atoms with Crippen molar-refractivity contribution in [2.75, 3.05) is 16.8 Å². The molecular weight excluding hydrogens is 392 g/mol. The van der Waals surface area contributed by atoms with E-state index in [2.05, 4.69) is 12.2 Å². The summed E-state index contributed by atoms with van der Waals surface area (Å²) in [5.41, 5.74) is 2.06. The molecule has 0 saturated heterocycles. The van der Waals surface area contributed by atoms with Crippen LogP contribution in [0.15, 0.2) is 72.8 Å². The largest absolute Gasteiger partial charge is 0.494 e. The van der Waals surface area contributed by atoms with Crippen LogP contribution in [0.25, 0.3) is 0 Å². The van der Waals surface area contributed by atoms with Gasteiger partial charge < -0.3 is 10.1 Å². The third-order valence-electron chi connectivity index (χ3n) is 5.04. The maximum Gasteiger partial charge on any atom is 0.266 e. The lowest BCUT2D eigenvalue weighted by atomic mass is 10.1. The van der Waals surface area contributed by atoms with Gasteiger partial charge in [0.15, 0.2) is 0 Å². The summed E-state index contributed by atoms with van der Waals surface area (Å²) in [6.07, 6.45) is 2.05. The molecule has 1 N–H and O–H groups in total. The number of amides is 3. The van der Waals surface area contributed by atoms with Gasteiger partial charge in [-0.25, -0.2) is 4.90 Å². The highest BCUT2D eigenvalue weighted by Gasteiger charge is 2.36. The molecule has 0 spiro atoms. The van der Waals surface area contributed by atoms with Gasteiger partial charge in [-0.3, -0.25) is 14.4 Å². The van der Waals surface area contributed by atoms with Crippen LogP contribution in [-0.4, -0.2) is 24.3 Å². The smallest absolute Gasteiger partial charge is 0.266 e. The summed E-state index contributed by atoms with van der Waals surface area (Å²) in [5.74, 6) is -0.370. The minimum atomic E-state index is -0.392. The van der Waals surface area contributed by atoms with Crippen LogP contribution in [0.5, 0.6) is 5.75 Å². The van der Waals surface area contributed by atoms with Gasteiger partial charge in [0.05, 0.1) is 23.4 Å². The van der Waals surface area contributed by atoms with Crippen LogP contribution in [0.3, 0.4) is 0 Å². The van der Waals surface area contributed by atoms with Gasteiger partial charge in [-0.1, -0.05) is 31.5 Å². The number of unbranched alkanes of at least 4 members (excludes halogenated alkanes) is 1. The fourth-order valence-electron chi connectivity index (χ4n) is 3.38. The lowest BCUT2D eigenvalue weighted by Crippen LogP contribution is -2.29. The number of rotatable bonds is 7. The first kappa shape index (κ1) is 20.3. The molecule has 0 radical (unpaired) electrons. The molecule has 1 heterocycles. The van der Waals surface area contributed by atoms with Crippen molar-refractivity contribution >= 4 is 29.1 Å². The average molecular weight is 414 g/mol. The standard InChI is InChI=1S/C25H22N2O4/c1-2-3-15-31-20-13-11-18(12-14-20)26-23(28)17-7-6-8-19(16-17)27-24(29)21-9-4-5-10-22(21)25(27)30/h4-14,16H,2-3,15H2,1H3,(H,26,28). The molecule has 3 aromatic rings. The third kappa shape index (κ3) is 4.19. The van der Waals surface area contributed by atoms with Crippen molar-refractivity contribution in [3.05, 3.63) is 89.5 Å². The van der Waals surface area contributed by atoms with Gasteiger partial charge in [-0.2, -0.15) is 0 Å². The Balaban J connectivity index is 1.48. The molecule has 1 aliphatic rings. The Kier molecular flexibility index (Phi) is 5.80. The molecule has 0 unspecified atom stereocenters. The molecule has 0 fully saturated rings. The van der Waals surface area contributed by atoms with Crippen molar-refractivity contribution in [2.24, 2.45) is 0 Å². The number of benzene rings is 3. The van der Waals surface area contributed by atoms with E-state index < -0.39 is 11.8 Å². The Hall–Kier alpha value is -3.93. The number of fused-ring (bicyclic) bond motifs is 1. The fourth-order valence-corrected chi connectivity index (χ4v) is 3.38. The maximum absolute atomic E-state index is 12.7. The number of hydrogen-bond donors (Lipinski definition) is 1. The zero-order chi connectivity index (χ0) is 21.8. The van der Waals surface area contributed by atoms with Crippen molar-refractivity contribution in [3.63, 3.8) is 0 Å². The summed E-state index contributed by atoms with van der Waals surface area (Å²) in [6, 6.07) is 20.3. The Labute approximate surface area is 180 Å². The van der Waals surface area contributed by atoms with Crippen LogP contribution in [0, 0.1) is 0 Å². The summed E-state index contributed by atoms with van der Waals surface area (Å²) in [5, 5.41) is 2.83. The van der Waals surface area contributed by atoms with Crippen LogP contribution in [0.4, 0.5) is 11.4 Å². The number of imide groups is 1. The topological polar surface area (TPSA) is 75.7 Å². The van der Waals surface area contributed by atoms with Crippen LogP contribution in [0.1, 0.15) is 50.8 Å². The molecule has 6 nitrogen and oxygen atoms in total. The SMILES string of the molecule is CCCCOc1ccc(NC(=O)c2cccc(N3C(=O)c4ccccc4C3=O)c2)cc1. The van der Waals surface area contributed by atoms with E-state index in [1.165, 1.54) is 0 Å². The van der Waals surface area contributed by atoms with Crippen LogP contribution in [0.2, 0.25) is 0 Å². The maximum atomic E-state index is 12.7. The first-order chi connectivity index (χ1) is 15.1. The molecule has 31 heavy (non-hydrogen) atoms. The molecule has 0 aliphatic carbocycles. The molecule has 3 amide bonds. The molecule has 4 rings (SSSR count). The Morgan fingerprint density at radius 3 is 2.23 bits per heavy atom. The van der Waals surface area contributed by atoms with Gasteiger partial charge in [0.25, 0.3) is 17.7 Å². The zero-order valence-electron chi connectivity index (χ0n) is 17.1. The summed E-state index contributed by atoms with van der Waals surface area (Å²) in [7, 11) is 0. The van der Waals surface area contributed by atoms with E-state index in [0.29, 0.717) is 34.7 Å². The van der Waals surface area contributed by atoms with Crippen molar-refractivity contribution in [2.45, 2.75) is 19.8 Å². The third-order valence-corrected chi connectivity index (χ3v) is 5.04. The summed E-state index contributed by atoms with van der Waals surface area (Å²) >= 11 is 0. The number of anilines is 2. The molecule has 1 aliphatic heterocycles. The average Bonchev–Trinajstić information content (AvgIpc) is 3.05. The molecule has 3 aromatic carbocycles. The van der Waals surface area contributed by atoms with Gasteiger partial charge in [-0.15, -0.1) is 0 Å². The van der Waals surface area contributed by atoms with Crippen molar-refractivity contribution in [3.8, 4) is 5.75 Å². The van der Waals surface area contributed by atoms with Gasteiger partial charge in [-0.05, 0) is 61.0 Å². The summed E-state index contributed by atoms with van der Waals surface area (Å²) in [6.45, 7) is 2.76. The van der Waals surface area contributed by atoms with Gasteiger partial charge in [0.1, 0.15) is 5.75 Å². The molecule has 0 aromatic heterocycles. The lowest BCUT2D eigenvalue weighted by Gasteiger charge is -2.15. The number of carbonyl (C=O) groups is 3. The minimum Gasteiger partial charge on any atom is -0.494 e. The van der Waals surface area contributed by atoms with E-state index in [0.717, 1.165) is 23.5 Å². The molecular formula is C25H22N2O4. The molecule has 0 saturated carbocycles. The Bertz CT molecular complexity index is 1100. The second-order valence-corrected chi connectivity index (χ2v) is 7.22. The predicted octanol–water partition coefficient (Wildman–Crippen LogP) is 4.92. The van der Waals surface area contributed by atoms with E-state index in [1.807, 2.05) is 0 Å². The van der Waals surface area contributed by atoms with Crippen LogP contribution in [-0.2, 0) is 0 Å². The number of nitrogens with one attached hydrogen (secondary N) is 1. The first-order valence-electron chi connectivity index (χ1n) is 10.2. The van der Waals surface area contributed by atoms with Crippen LogP contribution < -0.4 is 15.0 Å². The Morgan fingerprint density at radius 1 is 0.903 bits per heavy atom. The molecule has 6 heteroatoms. The highest BCUT2D eigenvalue weighted by atomic mass is 16.5. The monoisotopic (exact) mass is 414 g/mol. The second kappa shape index (κ2) is 8.83. The zero-order valence-corrected chi connectivity index (χ0v) is 17.1. The normalized spacial score (nSPS) is 12.6. The van der Waals surface area contributed by atoms with Crippen molar-refractivity contribution in [1.82, 2.24) is 0 Å². The molecule has 0 atom stereocenters. The summed E-state index contributed by atoms with van der Waals surface area (Å²) in [4.78, 5) is 39.2. The van der Waals surface area contributed by atoms with Gasteiger partial charge in [0.2, 0.25) is 0 Å². The quantitative estimate of drug-likeness (QED) is 0.440. The lowest BCUT2D eigenvalue weighted by molar-refractivity contribution is 0.0924. The number of ether oxygens (including phenoxy) is 1. The predicted molar refractivity (Wildman–Crippen MR) is 119 cm³/mol. The van der Waals surface area contributed by atoms with Gasteiger partial charge >= 0.3 is 0 Å². The molecule has 156 valence electrons. The highest BCUT2D eigenvalue weighted by Crippen LogP contribution is 2.29.